The Bertz CT molecular complexity index is 317. The highest BCUT2D eigenvalue weighted by molar-refractivity contribution is 5.18. The Morgan fingerprint density at radius 2 is 1.88 bits per heavy atom. The molecule has 1 aliphatic carbocycles. The van der Waals surface area contributed by atoms with Crippen molar-refractivity contribution in [1.29, 1.82) is 0 Å². The van der Waals surface area contributed by atoms with Gasteiger partial charge in [-0.1, -0.05) is 30.3 Å². The second-order valence-electron chi connectivity index (χ2n) is 5.04. The number of benzene rings is 1. The summed E-state index contributed by atoms with van der Waals surface area (Å²) in [6.07, 6.45) is 2.73. The number of hydrogen-bond acceptors (Lipinski definition) is 2. The van der Waals surface area contributed by atoms with E-state index in [0.29, 0.717) is 11.5 Å². The molecule has 2 nitrogen and oxygen atoms in total. The van der Waals surface area contributed by atoms with Crippen LogP contribution in [0.3, 0.4) is 0 Å². The minimum absolute atomic E-state index is 0.454. The van der Waals surface area contributed by atoms with Crippen LogP contribution in [-0.4, -0.2) is 20.1 Å². The fourth-order valence-electron chi connectivity index (χ4n) is 2.20. The zero-order chi connectivity index (χ0) is 11.4. The van der Waals surface area contributed by atoms with Gasteiger partial charge in [0.15, 0.2) is 0 Å². The molecule has 1 aliphatic rings. The van der Waals surface area contributed by atoms with Gasteiger partial charge in [0.25, 0.3) is 0 Å². The first-order valence-electron chi connectivity index (χ1n) is 6.19. The van der Waals surface area contributed by atoms with Crippen LogP contribution in [0.15, 0.2) is 30.3 Å². The highest BCUT2D eigenvalue weighted by atomic mass is 15.0. The van der Waals surface area contributed by atoms with E-state index in [0.717, 1.165) is 13.1 Å². The molecule has 2 heteroatoms. The van der Waals surface area contributed by atoms with Crippen molar-refractivity contribution in [2.45, 2.75) is 25.8 Å². The Labute approximate surface area is 98.4 Å². The molecule has 1 atom stereocenters. The normalized spacial score (nSPS) is 19.4. The lowest BCUT2D eigenvalue weighted by atomic mass is 10.0. The minimum Gasteiger partial charge on any atom is -0.319 e. The lowest BCUT2D eigenvalue weighted by Gasteiger charge is -2.20. The van der Waals surface area contributed by atoms with Crippen molar-refractivity contribution in [2.24, 2.45) is 5.41 Å². The Morgan fingerprint density at radius 3 is 2.44 bits per heavy atom. The highest BCUT2D eigenvalue weighted by Crippen LogP contribution is 2.44. The zero-order valence-electron chi connectivity index (χ0n) is 10.3. The molecule has 1 aromatic carbocycles. The first-order chi connectivity index (χ1) is 7.76. The van der Waals surface area contributed by atoms with Gasteiger partial charge in [-0.2, -0.15) is 0 Å². The van der Waals surface area contributed by atoms with E-state index in [1.807, 2.05) is 7.05 Å². The summed E-state index contributed by atoms with van der Waals surface area (Å²) in [6, 6.07) is 11.1. The number of nitrogens with one attached hydrogen (secondary N) is 2. The van der Waals surface area contributed by atoms with Crippen LogP contribution in [0.25, 0.3) is 0 Å². The van der Waals surface area contributed by atoms with Crippen molar-refractivity contribution in [3.05, 3.63) is 35.9 Å². The van der Waals surface area contributed by atoms with Crippen LogP contribution < -0.4 is 10.6 Å². The predicted octanol–water partition coefficient (Wildman–Crippen LogP) is 2.34. The van der Waals surface area contributed by atoms with Crippen molar-refractivity contribution in [1.82, 2.24) is 10.6 Å². The van der Waals surface area contributed by atoms with E-state index in [1.165, 1.54) is 18.4 Å². The lowest BCUT2D eigenvalue weighted by Crippen LogP contribution is -2.32. The third kappa shape index (κ3) is 2.83. The molecule has 1 saturated carbocycles. The smallest absolute Gasteiger partial charge is 0.0292 e. The standard InChI is InChI=1S/C14H22N2/c1-12(13-6-4-3-5-7-13)16-11-14(8-9-14)10-15-2/h3-7,12,15-16H,8-11H2,1-2H3. The second kappa shape index (κ2) is 4.98. The average molecular weight is 218 g/mol. The summed E-state index contributed by atoms with van der Waals surface area (Å²) in [6.45, 7) is 4.51. The molecule has 0 bridgehead atoms. The van der Waals surface area contributed by atoms with Gasteiger partial charge in [-0.15, -0.1) is 0 Å². The van der Waals surface area contributed by atoms with Crippen molar-refractivity contribution in [3.8, 4) is 0 Å². The molecule has 16 heavy (non-hydrogen) atoms. The number of rotatable bonds is 6. The van der Waals surface area contributed by atoms with Gasteiger partial charge in [-0.05, 0) is 37.8 Å². The fourth-order valence-corrected chi connectivity index (χ4v) is 2.20. The zero-order valence-corrected chi connectivity index (χ0v) is 10.3. The van der Waals surface area contributed by atoms with Gasteiger partial charge in [0.05, 0.1) is 0 Å². The third-order valence-corrected chi connectivity index (χ3v) is 3.59. The first-order valence-corrected chi connectivity index (χ1v) is 6.19. The van der Waals surface area contributed by atoms with Crippen LogP contribution in [0.2, 0.25) is 0 Å². The molecule has 1 unspecified atom stereocenters. The molecule has 0 spiro atoms. The van der Waals surface area contributed by atoms with Gasteiger partial charge >= 0.3 is 0 Å². The molecule has 0 amide bonds. The first kappa shape index (κ1) is 11.6. The molecule has 0 radical (unpaired) electrons. The molecule has 88 valence electrons. The van der Waals surface area contributed by atoms with Gasteiger partial charge in [-0.3, -0.25) is 0 Å². The third-order valence-electron chi connectivity index (χ3n) is 3.59. The van der Waals surface area contributed by atoms with E-state index < -0.39 is 0 Å². The van der Waals surface area contributed by atoms with E-state index >= 15 is 0 Å². The lowest BCUT2D eigenvalue weighted by molar-refractivity contribution is 0.412. The average Bonchev–Trinajstić information content (AvgIpc) is 3.08. The van der Waals surface area contributed by atoms with Crippen LogP contribution in [-0.2, 0) is 0 Å². The maximum Gasteiger partial charge on any atom is 0.0292 e. The molecule has 0 aliphatic heterocycles. The SMILES string of the molecule is CNCC1(CNC(C)c2ccccc2)CC1. The van der Waals surface area contributed by atoms with Gasteiger partial charge in [0, 0.05) is 19.1 Å². The summed E-state index contributed by atoms with van der Waals surface area (Å²) in [5.41, 5.74) is 1.92. The van der Waals surface area contributed by atoms with E-state index in [2.05, 4.69) is 47.9 Å². The molecular formula is C14H22N2. The van der Waals surface area contributed by atoms with Crippen LogP contribution in [0, 0.1) is 5.41 Å². The largest absolute Gasteiger partial charge is 0.319 e. The fraction of sp³-hybridized carbons (Fsp3) is 0.571. The van der Waals surface area contributed by atoms with Crippen LogP contribution in [0.1, 0.15) is 31.4 Å². The Kier molecular flexibility index (Phi) is 3.62. The summed E-state index contributed by atoms with van der Waals surface area (Å²) in [5.74, 6) is 0. The van der Waals surface area contributed by atoms with Gasteiger partial charge in [0.1, 0.15) is 0 Å². The van der Waals surface area contributed by atoms with E-state index in [4.69, 9.17) is 0 Å². The van der Waals surface area contributed by atoms with Gasteiger partial charge < -0.3 is 10.6 Å². The quantitative estimate of drug-likeness (QED) is 0.766. The maximum atomic E-state index is 3.65. The van der Waals surface area contributed by atoms with Crippen LogP contribution in [0.4, 0.5) is 0 Å². The molecule has 2 rings (SSSR count). The molecule has 0 saturated heterocycles. The monoisotopic (exact) mass is 218 g/mol. The van der Waals surface area contributed by atoms with Crippen molar-refractivity contribution in [2.75, 3.05) is 20.1 Å². The van der Waals surface area contributed by atoms with Crippen LogP contribution in [0.5, 0.6) is 0 Å². The van der Waals surface area contributed by atoms with Gasteiger partial charge in [0.2, 0.25) is 0 Å². The summed E-state index contributed by atoms with van der Waals surface area (Å²) in [7, 11) is 2.04. The summed E-state index contributed by atoms with van der Waals surface area (Å²) >= 11 is 0. The maximum absolute atomic E-state index is 3.65. The Hall–Kier alpha value is -0.860. The van der Waals surface area contributed by atoms with Crippen molar-refractivity contribution in [3.63, 3.8) is 0 Å². The van der Waals surface area contributed by atoms with E-state index in [1.54, 1.807) is 0 Å². The van der Waals surface area contributed by atoms with Crippen molar-refractivity contribution < 1.29 is 0 Å². The number of hydrogen-bond donors (Lipinski definition) is 2. The molecular weight excluding hydrogens is 196 g/mol. The molecule has 0 aromatic heterocycles. The minimum atomic E-state index is 0.454. The van der Waals surface area contributed by atoms with E-state index in [9.17, 15) is 0 Å². The topological polar surface area (TPSA) is 24.1 Å². The molecule has 2 N–H and O–H groups in total. The summed E-state index contributed by atoms with van der Waals surface area (Å²) in [4.78, 5) is 0. The van der Waals surface area contributed by atoms with Crippen molar-refractivity contribution >= 4 is 0 Å². The Balaban J connectivity index is 1.82. The van der Waals surface area contributed by atoms with Crippen LogP contribution >= 0.6 is 0 Å². The molecule has 1 aromatic rings. The van der Waals surface area contributed by atoms with Gasteiger partial charge in [-0.25, -0.2) is 0 Å². The molecule has 0 heterocycles. The highest BCUT2D eigenvalue weighted by Gasteiger charge is 2.41. The summed E-state index contributed by atoms with van der Waals surface area (Å²) < 4.78 is 0. The van der Waals surface area contributed by atoms with E-state index in [-0.39, 0.29) is 0 Å². The Morgan fingerprint density at radius 1 is 1.19 bits per heavy atom. The molecule has 1 fully saturated rings. The second-order valence-corrected chi connectivity index (χ2v) is 5.04. The summed E-state index contributed by atoms with van der Waals surface area (Å²) in [5, 5.41) is 6.94. The predicted molar refractivity (Wildman–Crippen MR) is 68.5 cm³/mol.